The van der Waals surface area contributed by atoms with Gasteiger partial charge in [-0.2, -0.15) is 0 Å². The second-order valence-corrected chi connectivity index (χ2v) is 6.65. The third kappa shape index (κ3) is 2.55. The Balaban J connectivity index is 2.34. The van der Waals surface area contributed by atoms with Gasteiger partial charge in [-0.25, -0.2) is 0 Å². The van der Waals surface area contributed by atoms with E-state index in [2.05, 4.69) is 45.9 Å². The molecule has 1 fully saturated rings. The summed E-state index contributed by atoms with van der Waals surface area (Å²) in [7, 11) is 0. The van der Waals surface area contributed by atoms with Crippen molar-refractivity contribution in [1.82, 2.24) is 0 Å². The zero-order valence-corrected chi connectivity index (χ0v) is 11.6. The molecule has 1 unspecified atom stereocenters. The van der Waals surface area contributed by atoms with E-state index in [9.17, 15) is 0 Å². The third-order valence-electron chi connectivity index (χ3n) is 4.35. The smallest absolute Gasteiger partial charge is 0.0414 e. The zero-order chi connectivity index (χ0) is 12.7. The van der Waals surface area contributed by atoms with Gasteiger partial charge in [0.1, 0.15) is 0 Å². The third-order valence-corrected chi connectivity index (χ3v) is 4.35. The van der Waals surface area contributed by atoms with Crippen molar-refractivity contribution in [3.63, 3.8) is 0 Å². The molecule has 1 heteroatoms. The molecule has 0 amide bonds. The Bertz CT molecular complexity index is 420. The minimum absolute atomic E-state index is 0.111. The van der Waals surface area contributed by atoms with E-state index in [1.165, 1.54) is 29.5 Å². The molecule has 17 heavy (non-hydrogen) atoms. The Hall–Kier alpha value is -0.820. The van der Waals surface area contributed by atoms with Gasteiger partial charge in [-0.1, -0.05) is 38.5 Å². The van der Waals surface area contributed by atoms with Crippen LogP contribution in [0, 0.1) is 19.3 Å². The van der Waals surface area contributed by atoms with Crippen molar-refractivity contribution in [3.05, 3.63) is 34.9 Å². The molecule has 1 aromatic rings. The average molecular weight is 231 g/mol. The zero-order valence-electron chi connectivity index (χ0n) is 11.6. The molecule has 2 rings (SSSR count). The number of hydrogen-bond donors (Lipinski definition) is 1. The Morgan fingerprint density at radius 3 is 2.35 bits per heavy atom. The summed E-state index contributed by atoms with van der Waals surface area (Å²) in [6.45, 7) is 9.02. The van der Waals surface area contributed by atoms with E-state index in [0.717, 1.165) is 12.8 Å². The molecule has 0 heterocycles. The molecule has 1 aromatic carbocycles. The first kappa shape index (κ1) is 12.6. The molecular weight excluding hydrogens is 206 g/mol. The highest BCUT2D eigenvalue weighted by molar-refractivity contribution is 5.34. The van der Waals surface area contributed by atoms with Crippen LogP contribution < -0.4 is 5.73 Å². The standard InChI is InChI=1S/C16H25N/c1-12-6-7-14(10-13(12)2)16(17)9-5-8-15(3,4)11-16/h6-7,10H,5,8-9,11,17H2,1-4H3. The Morgan fingerprint density at radius 2 is 1.76 bits per heavy atom. The van der Waals surface area contributed by atoms with Crippen molar-refractivity contribution in [2.75, 3.05) is 0 Å². The number of rotatable bonds is 1. The lowest BCUT2D eigenvalue weighted by atomic mass is 9.66. The van der Waals surface area contributed by atoms with E-state index >= 15 is 0 Å². The van der Waals surface area contributed by atoms with Crippen molar-refractivity contribution in [2.45, 2.75) is 58.9 Å². The number of hydrogen-bond acceptors (Lipinski definition) is 1. The van der Waals surface area contributed by atoms with E-state index in [4.69, 9.17) is 5.73 Å². The average Bonchev–Trinajstić information content (AvgIpc) is 2.20. The maximum absolute atomic E-state index is 6.67. The number of aryl methyl sites for hydroxylation is 2. The van der Waals surface area contributed by atoms with Crippen LogP contribution in [0.3, 0.4) is 0 Å². The normalized spacial score (nSPS) is 28.1. The van der Waals surface area contributed by atoms with Crippen LogP contribution in [0.1, 0.15) is 56.2 Å². The summed E-state index contributed by atoms with van der Waals surface area (Å²) < 4.78 is 0. The largest absolute Gasteiger partial charge is 0.321 e. The van der Waals surface area contributed by atoms with Crippen molar-refractivity contribution in [1.29, 1.82) is 0 Å². The highest BCUT2D eigenvalue weighted by atomic mass is 14.8. The monoisotopic (exact) mass is 231 g/mol. The van der Waals surface area contributed by atoms with Gasteiger partial charge in [0.25, 0.3) is 0 Å². The predicted molar refractivity (Wildman–Crippen MR) is 74.0 cm³/mol. The van der Waals surface area contributed by atoms with E-state index < -0.39 is 0 Å². The first-order valence-corrected chi connectivity index (χ1v) is 6.69. The molecule has 0 aromatic heterocycles. The van der Waals surface area contributed by atoms with Crippen LogP contribution in [0.25, 0.3) is 0 Å². The Morgan fingerprint density at radius 1 is 1.06 bits per heavy atom. The lowest BCUT2D eigenvalue weighted by Crippen LogP contribution is -2.44. The van der Waals surface area contributed by atoms with Gasteiger partial charge in [0.15, 0.2) is 0 Å². The highest BCUT2D eigenvalue weighted by Gasteiger charge is 2.38. The quantitative estimate of drug-likeness (QED) is 0.775. The SMILES string of the molecule is Cc1ccc(C2(N)CCCC(C)(C)C2)cc1C. The van der Waals surface area contributed by atoms with E-state index in [0.29, 0.717) is 5.41 Å². The van der Waals surface area contributed by atoms with Crippen LogP contribution in [0.4, 0.5) is 0 Å². The summed E-state index contributed by atoms with van der Waals surface area (Å²) in [4.78, 5) is 0. The van der Waals surface area contributed by atoms with Gasteiger partial charge in [0.2, 0.25) is 0 Å². The summed E-state index contributed by atoms with van der Waals surface area (Å²) in [6, 6.07) is 6.72. The molecule has 0 bridgehead atoms. The maximum atomic E-state index is 6.67. The first-order chi connectivity index (χ1) is 7.82. The molecule has 1 aliphatic carbocycles. The van der Waals surface area contributed by atoms with Crippen molar-refractivity contribution in [2.24, 2.45) is 11.1 Å². The van der Waals surface area contributed by atoms with Gasteiger partial charge in [0.05, 0.1) is 0 Å². The van der Waals surface area contributed by atoms with E-state index in [-0.39, 0.29) is 5.54 Å². The van der Waals surface area contributed by atoms with E-state index in [1.54, 1.807) is 0 Å². The number of benzene rings is 1. The molecule has 1 nitrogen and oxygen atoms in total. The summed E-state index contributed by atoms with van der Waals surface area (Å²) in [5.41, 5.74) is 11.0. The molecule has 1 aliphatic rings. The molecule has 0 saturated heterocycles. The van der Waals surface area contributed by atoms with Crippen molar-refractivity contribution in [3.8, 4) is 0 Å². The molecule has 1 atom stereocenters. The first-order valence-electron chi connectivity index (χ1n) is 6.69. The molecule has 2 N–H and O–H groups in total. The van der Waals surface area contributed by atoms with Crippen molar-refractivity contribution < 1.29 is 0 Å². The predicted octanol–water partition coefficient (Wildman–Crippen LogP) is 4.06. The topological polar surface area (TPSA) is 26.0 Å². The summed E-state index contributed by atoms with van der Waals surface area (Å²) >= 11 is 0. The highest BCUT2D eigenvalue weighted by Crippen LogP contribution is 2.44. The van der Waals surface area contributed by atoms with E-state index in [1.807, 2.05) is 0 Å². The Labute approximate surface area is 105 Å². The van der Waals surface area contributed by atoms with Crippen LogP contribution in [0.15, 0.2) is 18.2 Å². The fourth-order valence-corrected chi connectivity index (χ4v) is 3.21. The summed E-state index contributed by atoms with van der Waals surface area (Å²) in [6.07, 6.45) is 4.77. The summed E-state index contributed by atoms with van der Waals surface area (Å²) in [5, 5.41) is 0. The van der Waals surface area contributed by atoms with Crippen molar-refractivity contribution >= 4 is 0 Å². The van der Waals surface area contributed by atoms with Gasteiger partial charge < -0.3 is 5.73 Å². The van der Waals surface area contributed by atoms with Gasteiger partial charge in [0, 0.05) is 5.54 Å². The molecule has 94 valence electrons. The molecule has 0 radical (unpaired) electrons. The molecule has 0 aliphatic heterocycles. The van der Waals surface area contributed by atoms with Crippen LogP contribution in [0.2, 0.25) is 0 Å². The molecule has 1 saturated carbocycles. The maximum Gasteiger partial charge on any atom is 0.0414 e. The van der Waals surface area contributed by atoms with Gasteiger partial charge in [-0.3, -0.25) is 0 Å². The van der Waals surface area contributed by atoms with Crippen LogP contribution in [0.5, 0.6) is 0 Å². The lowest BCUT2D eigenvalue weighted by Gasteiger charge is -2.43. The summed E-state index contributed by atoms with van der Waals surface area (Å²) in [5.74, 6) is 0. The molecule has 0 spiro atoms. The minimum atomic E-state index is -0.111. The van der Waals surface area contributed by atoms with Gasteiger partial charge >= 0.3 is 0 Å². The van der Waals surface area contributed by atoms with Gasteiger partial charge in [-0.05, 0) is 55.2 Å². The van der Waals surface area contributed by atoms with Gasteiger partial charge in [-0.15, -0.1) is 0 Å². The molecular formula is C16H25N. The fraction of sp³-hybridized carbons (Fsp3) is 0.625. The number of nitrogens with two attached hydrogens (primary N) is 1. The van der Waals surface area contributed by atoms with Crippen LogP contribution in [-0.2, 0) is 5.54 Å². The van der Waals surface area contributed by atoms with Crippen LogP contribution >= 0.6 is 0 Å². The lowest BCUT2D eigenvalue weighted by molar-refractivity contribution is 0.151. The minimum Gasteiger partial charge on any atom is -0.321 e. The second-order valence-electron chi connectivity index (χ2n) is 6.65. The second kappa shape index (κ2) is 4.13. The Kier molecular flexibility index (Phi) is 3.07. The van der Waals surface area contributed by atoms with Crippen LogP contribution in [-0.4, -0.2) is 0 Å². The fourth-order valence-electron chi connectivity index (χ4n) is 3.21.